The van der Waals surface area contributed by atoms with Gasteiger partial charge in [-0.2, -0.15) is 0 Å². The molecule has 0 unspecified atom stereocenters. The molecule has 4 heteroatoms. The van der Waals surface area contributed by atoms with E-state index < -0.39 is 0 Å². The van der Waals surface area contributed by atoms with Crippen molar-refractivity contribution >= 4 is 0 Å². The summed E-state index contributed by atoms with van der Waals surface area (Å²) in [5.74, 6) is 0. The number of hydrogen-bond acceptors (Lipinski definition) is 4. The summed E-state index contributed by atoms with van der Waals surface area (Å²) < 4.78 is 0. The van der Waals surface area contributed by atoms with Crippen molar-refractivity contribution in [1.29, 1.82) is 0 Å². The average molecular weight is 569 g/mol. The predicted octanol–water partition coefficient (Wildman–Crippen LogP) is 10.1. The Morgan fingerprint density at radius 3 is 0.825 bits per heavy atom. The van der Waals surface area contributed by atoms with Crippen molar-refractivity contribution in [2.24, 2.45) is 0 Å². The van der Waals surface area contributed by atoms with E-state index in [9.17, 15) is 0 Å². The highest BCUT2D eigenvalue weighted by Crippen LogP contribution is 2.12. The van der Waals surface area contributed by atoms with Crippen LogP contribution in [-0.4, -0.2) is 45.9 Å². The van der Waals surface area contributed by atoms with E-state index in [0.29, 0.717) is 0 Å². The average Bonchev–Trinajstić information content (AvgIpc) is 2.96. The van der Waals surface area contributed by atoms with Crippen LogP contribution in [0.1, 0.15) is 188 Å². The van der Waals surface area contributed by atoms with Crippen molar-refractivity contribution in [2.45, 2.75) is 188 Å². The van der Waals surface area contributed by atoms with Crippen molar-refractivity contribution in [2.75, 3.05) is 45.9 Å². The Hall–Kier alpha value is -0.160. The molecule has 1 fully saturated rings. The fourth-order valence-electron chi connectivity index (χ4n) is 5.04. The highest BCUT2D eigenvalue weighted by molar-refractivity contribution is 4.57. The summed E-state index contributed by atoms with van der Waals surface area (Å²) in [6.07, 6.45) is 36.1. The Balaban J connectivity index is 0. The van der Waals surface area contributed by atoms with Crippen LogP contribution in [0.4, 0.5) is 0 Å². The van der Waals surface area contributed by atoms with Crippen LogP contribution in [-0.2, 0) is 0 Å². The molecule has 0 aromatic carbocycles. The first kappa shape index (κ1) is 42.0. The number of hydrogen-bond donors (Lipinski definition) is 4. The second kappa shape index (κ2) is 43.3. The van der Waals surface area contributed by atoms with Gasteiger partial charge in [-0.3, -0.25) is 0 Å². The lowest BCUT2D eigenvalue weighted by molar-refractivity contribution is 0.513. The molecule has 0 atom stereocenters. The van der Waals surface area contributed by atoms with Crippen LogP contribution in [0.3, 0.4) is 0 Å². The molecule has 0 aromatic rings. The van der Waals surface area contributed by atoms with Crippen LogP contribution in [0.5, 0.6) is 0 Å². The van der Waals surface area contributed by atoms with Crippen LogP contribution in [0.2, 0.25) is 0 Å². The van der Waals surface area contributed by atoms with E-state index in [1.165, 1.54) is 161 Å². The summed E-state index contributed by atoms with van der Waals surface area (Å²) in [5, 5.41) is 13.4. The van der Waals surface area contributed by atoms with Gasteiger partial charge in [0.05, 0.1) is 0 Å². The summed E-state index contributed by atoms with van der Waals surface area (Å²) >= 11 is 0. The monoisotopic (exact) mass is 569 g/mol. The molecule has 1 rings (SSSR count). The second-order valence-corrected chi connectivity index (χ2v) is 12.1. The minimum atomic E-state index is 0.932. The van der Waals surface area contributed by atoms with Crippen molar-refractivity contribution in [1.82, 2.24) is 21.3 Å². The molecule has 0 saturated carbocycles. The van der Waals surface area contributed by atoms with Crippen molar-refractivity contribution in [3.8, 4) is 0 Å². The van der Waals surface area contributed by atoms with Gasteiger partial charge in [0.1, 0.15) is 0 Å². The van der Waals surface area contributed by atoms with Crippen molar-refractivity contribution in [3.63, 3.8) is 0 Å². The van der Waals surface area contributed by atoms with Gasteiger partial charge in [-0.05, 0) is 19.5 Å². The molecular formula is C36H80N4. The second-order valence-electron chi connectivity index (χ2n) is 12.1. The lowest BCUT2D eigenvalue weighted by atomic mass is 10.1. The largest absolute Gasteiger partial charge is 0.315 e. The fraction of sp³-hybridized carbons (Fsp3) is 1.00. The van der Waals surface area contributed by atoms with Gasteiger partial charge in [0, 0.05) is 32.8 Å². The zero-order chi connectivity index (χ0) is 29.5. The van der Waals surface area contributed by atoms with Crippen LogP contribution >= 0.6 is 0 Å². The summed E-state index contributed by atoms with van der Waals surface area (Å²) in [4.78, 5) is 0. The Bertz CT molecular complexity index is 300. The Morgan fingerprint density at radius 1 is 0.275 bits per heavy atom. The molecule has 244 valence electrons. The van der Waals surface area contributed by atoms with Crippen molar-refractivity contribution < 1.29 is 0 Å². The first-order valence-electron chi connectivity index (χ1n) is 18.7. The Morgan fingerprint density at radius 2 is 0.500 bits per heavy atom. The zero-order valence-electron chi connectivity index (χ0n) is 28.6. The number of unbranched alkanes of at least 4 members (excludes halogenated alkanes) is 22. The first-order chi connectivity index (χ1) is 19.8. The van der Waals surface area contributed by atoms with Crippen molar-refractivity contribution in [3.05, 3.63) is 0 Å². The molecule has 1 aliphatic rings. The highest BCUT2D eigenvalue weighted by atomic mass is 15.1. The SMILES string of the molecule is C1CNCCNCCNCNC1.CCCCCCCCCCCCCC.CCCCCCCCCCCCCC. The van der Waals surface area contributed by atoms with E-state index in [4.69, 9.17) is 0 Å². The van der Waals surface area contributed by atoms with E-state index in [0.717, 1.165) is 45.9 Å². The molecule has 0 amide bonds. The van der Waals surface area contributed by atoms with Gasteiger partial charge in [-0.1, -0.05) is 182 Å². The van der Waals surface area contributed by atoms with Gasteiger partial charge in [0.25, 0.3) is 0 Å². The number of nitrogens with one attached hydrogen (secondary N) is 4. The number of rotatable bonds is 22. The normalized spacial score (nSPS) is 14.7. The molecule has 0 spiro atoms. The molecule has 1 heterocycles. The molecule has 4 N–H and O–H groups in total. The molecule has 0 radical (unpaired) electrons. The lowest BCUT2D eigenvalue weighted by Gasteiger charge is -2.11. The summed E-state index contributed by atoms with van der Waals surface area (Å²) in [6, 6.07) is 0. The Kier molecular flexibility index (Phi) is 45.4. The molecular weight excluding hydrogens is 488 g/mol. The minimum Gasteiger partial charge on any atom is -0.315 e. The van der Waals surface area contributed by atoms with Gasteiger partial charge in [0.2, 0.25) is 0 Å². The summed E-state index contributed by atoms with van der Waals surface area (Å²) in [6.45, 7) is 16.6. The van der Waals surface area contributed by atoms with Gasteiger partial charge in [-0.25, -0.2) is 0 Å². The molecule has 0 aromatic heterocycles. The van der Waals surface area contributed by atoms with Crippen LogP contribution in [0.25, 0.3) is 0 Å². The fourth-order valence-corrected chi connectivity index (χ4v) is 5.04. The highest BCUT2D eigenvalue weighted by Gasteiger charge is 1.94. The Labute approximate surface area is 255 Å². The summed E-state index contributed by atoms with van der Waals surface area (Å²) in [5.41, 5.74) is 0. The summed E-state index contributed by atoms with van der Waals surface area (Å²) in [7, 11) is 0. The van der Waals surface area contributed by atoms with E-state index in [1.54, 1.807) is 0 Å². The van der Waals surface area contributed by atoms with E-state index >= 15 is 0 Å². The maximum absolute atomic E-state index is 3.38. The topological polar surface area (TPSA) is 48.1 Å². The zero-order valence-corrected chi connectivity index (χ0v) is 28.6. The predicted molar refractivity (Wildman–Crippen MR) is 185 cm³/mol. The third-order valence-corrected chi connectivity index (χ3v) is 7.83. The first-order valence-corrected chi connectivity index (χ1v) is 18.7. The quantitative estimate of drug-likeness (QED) is 0.0981. The van der Waals surface area contributed by atoms with Gasteiger partial charge < -0.3 is 21.3 Å². The van der Waals surface area contributed by atoms with E-state index in [-0.39, 0.29) is 0 Å². The molecule has 1 aliphatic heterocycles. The smallest absolute Gasteiger partial charge is 0.0454 e. The molecule has 1 saturated heterocycles. The van der Waals surface area contributed by atoms with Gasteiger partial charge >= 0.3 is 0 Å². The third kappa shape index (κ3) is 44.8. The maximum atomic E-state index is 3.38. The standard InChI is InChI=1S/2C14H30.C8H20N4/c2*1-3-5-7-9-11-13-14-12-10-8-6-4-2;1-2-9-4-5-10-6-7-12-8-11-3-1/h2*3-14H2,1-2H3;9-12H,1-8H2. The van der Waals surface area contributed by atoms with E-state index in [2.05, 4.69) is 49.0 Å². The van der Waals surface area contributed by atoms with Crippen LogP contribution in [0.15, 0.2) is 0 Å². The third-order valence-electron chi connectivity index (χ3n) is 7.83. The molecule has 40 heavy (non-hydrogen) atoms. The van der Waals surface area contributed by atoms with E-state index in [1.807, 2.05) is 0 Å². The molecule has 0 bridgehead atoms. The van der Waals surface area contributed by atoms with Gasteiger partial charge in [0.15, 0.2) is 0 Å². The maximum Gasteiger partial charge on any atom is 0.0454 e. The van der Waals surface area contributed by atoms with Crippen LogP contribution in [0, 0.1) is 0 Å². The van der Waals surface area contributed by atoms with Gasteiger partial charge in [-0.15, -0.1) is 0 Å². The minimum absolute atomic E-state index is 0.932. The molecule has 0 aliphatic carbocycles. The lowest BCUT2D eigenvalue weighted by Crippen LogP contribution is -2.38. The molecule has 4 nitrogen and oxygen atoms in total. The van der Waals surface area contributed by atoms with Crippen LogP contribution < -0.4 is 21.3 Å².